The van der Waals surface area contributed by atoms with Gasteiger partial charge in [-0.25, -0.2) is 0 Å². The van der Waals surface area contributed by atoms with Crippen molar-refractivity contribution >= 4 is 34.9 Å². The lowest BCUT2D eigenvalue weighted by Crippen LogP contribution is -2.30. The highest BCUT2D eigenvalue weighted by Gasteiger charge is 2.20. The Morgan fingerprint density at radius 1 is 0.875 bits per heavy atom. The smallest absolute Gasteiger partial charge is 0.232 e. The van der Waals surface area contributed by atoms with E-state index in [9.17, 15) is 0 Å². The first-order valence-corrected chi connectivity index (χ1v) is 11.7. The van der Waals surface area contributed by atoms with E-state index in [1.54, 1.807) is 0 Å². The summed E-state index contributed by atoms with van der Waals surface area (Å²) in [4.78, 5) is 14.2. The van der Waals surface area contributed by atoms with E-state index in [-0.39, 0.29) is 0 Å². The molecule has 0 spiro atoms. The van der Waals surface area contributed by atoms with Crippen molar-refractivity contribution in [1.82, 2.24) is 15.3 Å². The molecule has 2 aliphatic rings. The van der Waals surface area contributed by atoms with Crippen LogP contribution < -0.4 is 20.4 Å². The largest absolute Gasteiger partial charge is 0.459 e. The van der Waals surface area contributed by atoms with Gasteiger partial charge in [-0.2, -0.15) is 9.97 Å². The summed E-state index contributed by atoms with van der Waals surface area (Å²) >= 11 is 5.52. The molecule has 1 aromatic carbocycles. The number of thiocarbonyl (C=S) groups is 1. The third kappa shape index (κ3) is 4.85. The molecule has 0 radical (unpaired) electrons. The molecule has 2 fully saturated rings. The molecule has 2 N–H and O–H groups in total. The van der Waals surface area contributed by atoms with Gasteiger partial charge in [-0.3, -0.25) is 0 Å². The predicted molar refractivity (Wildman–Crippen MR) is 132 cm³/mol. The number of nitrogens with zero attached hydrogens (tertiary/aromatic N) is 4. The van der Waals surface area contributed by atoms with Crippen molar-refractivity contribution < 1.29 is 4.42 Å². The third-order valence-electron chi connectivity index (χ3n) is 5.93. The Hall–Kier alpha value is -3.13. The van der Waals surface area contributed by atoms with Gasteiger partial charge in [-0.15, -0.1) is 0 Å². The maximum absolute atomic E-state index is 5.95. The van der Waals surface area contributed by atoms with Gasteiger partial charge in [-0.05, 0) is 50.0 Å². The lowest BCUT2D eigenvalue weighted by Gasteiger charge is -2.22. The van der Waals surface area contributed by atoms with Crippen molar-refractivity contribution in [1.29, 1.82) is 0 Å². The molecule has 2 aliphatic heterocycles. The zero-order valence-electron chi connectivity index (χ0n) is 18.1. The fourth-order valence-corrected chi connectivity index (χ4v) is 4.40. The molecular formula is C24H28N6OS. The molecule has 5 rings (SSSR count). The van der Waals surface area contributed by atoms with Crippen LogP contribution in [0.25, 0.3) is 11.3 Å². The lowest BCUT2D eigenvalue weighted by atomic mass is 10.2. The predicted octanol–water partition coefficient (Wildman–Crippen LogP) is 4.42. The minimum atomic E-state index is 0.480. The Morgan fingerprint density at radius 3 is 2.12 bits per heavy atom. The first kappa shape index (κ1) is 20.8. The van der Waals surface area contributed by atoms with Gasteiger partial charge in [-0.1, -0.05) is 30.3 Å². The van der Waals surface area contributed by atoms with Gasteiger partial charge in [0.25, 0.3) is 0 Å². The van der Waals surface area contributed by atoms with Crippen LogP contribution in [0.2, 0.25) is 0 Å². The summed E-state index contributed by atoms with van der Waals surface area (Å²) < 4.78 is 5.95. The average Bonchev–Trinajstić information content (AvgIpc) is 3.61. The molecule has 0 amide bonds. The van der Waals surface area contributed by atoms with Crippen LogP contribution in [0.4, 0.5) is 17.6 Å². The molecule has 0 atom stereocenters. The molecule has 8 heteroatoms. The number of nitrogens with one attached hydrogen (secondary N) is 2. The zero-order valence-corrected chi connectivity index (χ0v) is 18.9. The van der Waals surface area contributed by atoms with Gasteiger partial charge >= 0.3 is 0 Å². The van der Waals surface area contributed by atoms with Crippen LogP contribution in [0.5, 0.6) is 0 Å². The Bertz CT molecular complexity index is 1020. The summed E-state index contributed by atoms with van der Waals surface area (Å²) in [5.41, 5.74) is 1.06. The van der Waals surface area contributed by atoms with Crippen molar-refractivity contribution in [2.45, 2.75) is 32.2 Å². The molecule has 2 aromatic heterocycles. The molecule has 32 heavy (non-hydrogen) atoms. The summed E-state index contributed by atoms with van der Waals surface area (Å²) in [6.07, 6.45) is 4.83. The van der Waals surface area contributed by atoms with E-state index in [0.29, 0.717) is 17.6 Å². The van der Waals surface area contributed by atoms with Crippen LogP contribution in [0, 0.1) is 0 Å². The number of furan rings is 1. The Balaban J connectivity index is 1.25. The van der Waals surface area contributed by atoms with Crippen LogP contribution >= 0.6 is 12.2 Å². The van der Waals surface area contributed by atoms with Crippen LogP contribution in [0.15, 0.2) is 52.9 Å². The minimum absolute atomic E-state index is 0.480. The fourth-order valence-electron chi connectivity index (χ4n) is 4.24. The number of benzene rings is 1. The molecule has 7 nitrogen and oxygen atoms in total. The van der Waals surface area contributed by atoms with E-state index in [1.807, 2.05) is 42.5 Å². The Kier molecular flexibility index (Phi) is 6.20. The van der Waals surface area contributed by atoms with E-state index in [2.05, 4.69) is 26.5 Å². The Morgan fingerprint density at radius 2 is 1.50 bits per heavy atom. The van der Waals surface area contributed by atoms with Gasteiger partial charge in [0.05, 0.1) is 6.54 Å². The maximum Gasteiger partial charge on any atom is 0.232 e. The first-order valence-electron chi connectivity index (χ1n) is 11.3. The second-order valence-corrected chi connectivity index (χ2v) is 8.64. The molecule has 3 aromatic rings. The van der Waals surface area contributed by atoms with Gasteiger partial charge in [0.2, 0.25) is 5.95 Å². The van der Waals surface area contributed by atoms with Gasteiger partial charge < -0.3 is 24.9 Å². The van der Waals surface area contributed by atoms with Gasteiger partial charge in [0, 0.05) is 37.8 Å². The van der Waals surface area contributed by atoms with E-state index in [4.69, 9.17) is 26.6 Å². The molecular weight excluding hydrogens is 420 g/mol. The second kappa shape index (κ2) is 9.56. The number of hydrogen-bond acceptors (Lipinski definition) is 6. The number of rotatable bonds is 6. The van der Waals surface area contributed by atoms with Crippen molar-refractivity contribution in [2.24, 2.45) is 0 Å². The van der Waals surface area contributed by atoms with Crippen molar-refractivity contribution in [3.63, 3.8) is 0 Å². The zero-order chi connectivity index (χ0) is 21.8. The van der Waals surface area contributed by atoms with Crippen molar-refractivity contribution in [3.05, 3.63) is 54.3 Å². The van der Waals surface area contributed by atoms with Crippen LogP contribution in [-0.2, 0) is 6.54 Å². The number of aromatic nitrogens is 2. The van der Waals surface area contributed by atoms with E-state index < -0.39 is 0 Å². The summed E-state index contributed by atoms with van der Waals surface area (Å²) in [5, 5.41) is 6.87. The normalized spacial score (nSPS) is 15.9. The van der Waals surface area contributed by atoms with E-state index >= 15 is 0 Å². The van der Waals surface area contributed by atoms with E-state index in [1.165, 1.54) is 25.7 Å². The summed E-state index contributed by atoms with van der Waals surface area (Å²) in [5.74, 6) is 4.15. The molecule has 4 heterocycles. The first-order chi connectivity index (χ1) is 15.7. The highest BCUT2D eigenvalue weighted by atomic mass is 32.1. The highest BCUT2D eigenvalue weighted by Crippen LogP contribution is 2.26. The third-order valence-corrected chi connectivity index (χ3v) is 6.17. The Labute approximate surface area is 193 Å². The quantitative estimate of drug-likeness (QED) is 0.537. The molecule has 2 saturated heterocycles. The van der Waals surface area contributed by atoms with Crippen LogP contribution in [-0.4, -0.2) is 41.3 Å². The van der Waals surface area contributed by atoms with E-state index in [0.717, 1.165) is 54.9 Å². The van der Waals surface area contributed by atoms with Crippen molar-refractivity contribution in [2.75, 3.05) is 41.3 Å². The molecule has 0 saturated carbocycles. The number of hydrogen-bond donors (Lipinski definition) is 2. The second-order valence-electron chi connectivity index (χ2n) is 8.24. The molecule has 166 valence electrons. The SMILES string of the molecule is S=C(NCc1ccc(-c2ccccc2)o1)Nc1nc(N2CCCC2)cc(N2CCCC2)n1. The standard InChI is InChI=1S/C24H28N6OS/c32-24(25-17-19-10-11-20(31-19)18-8-2-1-3-9-18)28-23-26-21(29-12-4-5-13-29)16-22(27-23)30-14-6-7-15-30/h1-3,8-11,16H,4-7,12-15,17H2,(H2,25,26,27,28,32). The molecule has 0 bridgehead atoms. The monoisotopic (exact) mass is 448 g/mol. The minimum Gasteiger partial charge on any atom is -0.459 e. The highest BCUT2D eigenvalue weighted by molar-refractivity contribution is 7.80. The maximum atomic E-state index is 5.95. The lowest BCUT2D eigenvalue weighted by molar-refractivity contribution is 0.516. The average molecular weight is 449 g/mol. The summed E-state index contributed by atoms with van der Waals surface area (Å²) in [6.45, 7) is 4.66. The topological polar surface area (TPSA) is 69.5 Å². The van der Waals surface area contributed by atoms with Gasteiger partial charge in [0.1, 0.15) is 23.2 Å². The number of anilines is 3. The summed E-state index contributed by atoms with van der Waals surface area (Å²) in [7, 11) is 0. The van der Waals surface area contributed by atoms with Crippen molar-refractivity contribution in [3.8, 4) is 11.3 Å². The fraction of sp³-hybridized carbons (Fsp3) is 0.375. The van der Waals surface area contributed by atoms with Crippen LogP contribution in [0.3, 0.4) is 0 Å². The molecule has 0 unspecified atom stereocenters. The van der Waals surface area contributed by atoms with Gasteiger partial charge in [0.15, 0.2) is 5.11 Å². The van der Waals surface area contributed by atoms with Crippen LogP contribution in [0.1, 0.15) is 31.4 Å². The summed E-state index contributed by atoms with van der Waals surface area (Å²) in [6, 6.07) is 16.1. The molecule has 0 aliphatic carbocycles.